The summed E-state index contributed by atoms with van der Waals surface area (Å²) in [7, 11) is 1.50. The standard InChI is InChI=1S/C19H21F2N5O3/c1-11(27)25-7-5-16-14(10-25)17(19(29)22-2)24-26(16)8-6-23-18(28)13-4-3-12(20)9-15(13)21/h3-4,9H,5-8,10H2,1-2H3,(H,22,29)(H,23,28). The Hall–Kier alpha value is -3.30. The van der Waals surface area contributed by atoms with Gasteiger partial charge < -0.3 is 15.5 Å². The minimum Gasteiger partial charge on any atom is -0.354 e. The zero-order valence-electron chi connectivity index (χ0n) is 16.1. The van der Waals surface area contributed by atoms with E-state index in [0.717, 1.165) is 17.8 Å². The van der Waals surface area contributed by atoms with E-state index in [9.17, 15) is 23.2 Å². The van der Waals surface area contributed by atoms with E-state index in [0.29, 0.717) is 31.1 Å². The van der Waals surface area contributed by atoms with E-state index in [2.05, 4.69) is 15.7 Å². The van der Waals surface area contributed by atoms with E-state index in [1.807, 2.05) is 0 Å². The van der Waals surface area contributed by atoms with Gasteiger partial charge in [-0.1, -0.05) is 0 Å². The first-order chi connectivity index (χ1) is 13.8. The minimum absolute atomic E-state index is 0.0835. The molecule has 8 nitrogen and oxygen atoms in total. The number of hydrogen-bond acceptors (Lipinski definition) is 4. The van der Waals surface area contributed by atoms with Crippen molar-refractivity contribution >= 4 is 17.7 Å². The number of carbonyl (C=O) groups excluding carboxylic acids is 3. The van der Waals surface area contributed by atoms with Gasteiger partial charge in [0.1, 0.15) is 11.6 Å². The van der Waals surface area contributed by atoms with Gasteiger partial charge in [0.25, 0.3) is 11.8 Å². The van der Waals surface area contributed by atoms with Crippen LogP contribution in [0.15, 0.2) is 18.2 Å². The van der Waals surface area contributed by atoms with E-state index in [-0.39, 0.29) is 36.2 Å². The zero-order valence-corrected chi connectivity index (χ0v) is 16.1. The molecule has 0 radical (unpaired) electrons. The monoisotopic (exact) mass is 405 g/mol. The number of fused-ring (bicyclic) bond motifs is 1. The normalized spacial score (nSPS) is 13.0. The van der Waals surface area contributed by atoms with Crippen molar-refractivity contribution in [2.24, 2.45) is 0 Å². The first kappa shape index (κ1) is 20.4. The van der Waals surface area contributed by atoms with Gasteiger partial charge >= 0.3 is 0 Å². The predicted octanol–water partition coefficient (Wildman–Crippen LogP) is 0.855. The Balaban J connectivity index is 1.73. The van der Waals surface area contributed by atoms with Gasteiger partial charge in [0, 0.05) is 57.4 Å². The largest absolute Gasteiger partial charge is 0.354 e. The lowest BCUT2D eigenvalue weighted by Gasteiger charge is -2.26. The van der Waals surface area contributed by atoms with Crippen LogP contribution < -0.4 is 10.6 Å². The summed E-state index contributed by atoms with van der Waals surface area (Å²) in [6, 6.07) is 2.74. The van der Waals surface area contributed by atoms with Crippen LogP contribution >= 0.6 is 0 Å². The van der Waals surface area contributed by atoms with E-state index >= 15 is 0 Å². The van der Waals surface area contributed by atoms with Gasteiger partial charge in [0.2, 0.25) is 5.91 Å². The van der Waals surface area contributed by atoms with Crippen LogP contribution in [0.4, 0.5) is 8.78 Å². The number of amides is 3. The van der Waals surface area contributed by atoms with Crippen LogP contribution in [-0.2, 0) is 24.3 Å². The minimum atomic E-state index is -0.940. The molecular formula is C19H21F2N5O3. The summed E-state index contributed by atoms with van der Waals surface area (Å²) in [6.07, 6.45) is 0.527. The third-order valence-electron chi connectivity index (χ3n) is 4.81. The number of nitrogens with zero attached hydrogens (tertiary/aromatic N) is 3. The van der Waals surface area contributed by atoms with Crippen molar-refractivity contribution < 1.29 is 23.2 Å². The first-order valence-electron chi connectivity index (χ1n) is 9.11. The summed E-state index contributed by atoms with van der Waals surface area (Å²) in [4.78, 5) is 37.6. The summed E-state index contributed by atoms with van der Waals surface area (Å²) in [5.41, 5.74) is 1.49. The van der Waals surface area contributed by atoms with Crippen molar-refractivity contribution in [2.75, 3.05) is 20.1 Å². The van der Waals surface area contributed by atoms with Gasteiger partial charge in [-0.15, -0.1) is 0 Å². The van der Waals surface area contributed by atoms with Crippen molar-refractivity contribution in [3.05, 3.63) is 52.3 Å². The Morgan fingerprint density at radius 2 is 1.97 bits per heavy atom. The highest BCUT2D eigenvalue weighted by atomic mass is 19.1. The van der Waals surface area contributed by atoms with Crippen molar-refractivity contribution in [2.45, 2.75) is 26.4 Å². The molecule has 0 saturated heterocycles. The van der Waals surface area contributed by atoms with Crippen LogP contribution in [-0.4, -0.2) is 52.5 Å². The maximum Gasteiger partial charge on any atom is 0.271 e. The Kier molecular flexibility index (Phi) is 5.90. The van der Waals surface area contributed by atoms with Crippen LogP contribution in [0.3, 0.4) is 0 Å². The first-order valence-corrected chi connectivity index (χ1v) is 9.11. The van der Waals surface area contributed by atoms with Crippen LogP contribution in [0, 0.1) is 11.6 Å². The Labute approximate surface area is 165 Å². The Morgan fingerprint density at radius 3 is 2.62 bits per heavy atom. The lowest BCUT2D eigenvalue weighted by molar-refractivity contribution is -0.129. The van der Waals surface area contributed by atoms with Crippen LogP contribution in [0.25, 0.3) is 0 Å². The summed E-state index contributed by atoms with van der Waals surface area (Å²) < 4.78 is 28.3. The van der Waals surface area contributed by atoms with Crippen molar-refractivity contribution in [3.8, 4) is 0 Å². The lowest BCUT2D eigenvalue weighted by Crippen LogP contribution is -2.36. The van der Waals surface area contributed by atoms with E-state index < -0.39 is 17.5 Å². The summed E-state index contributed by atoms with van der Waals surface area (Å²) in [5.74, 6) is -2.81. The molecule has 1 aliphatic heterocycles. The van der Waals surface area contributed by atoms with E-state index in [1.54, 1.807) is 9.58 Å². The van der Waals surface area contributed by atoms with Gasteiger partial charge in [-0.3, -0.25) is 19.1 Å². The summed E-state index contributed by atoms with van der Waals surface area (Å²) in [5, 5.41) is 9.45. The highest BCUT2D eigenvalue weighted by Gasteiger charge is 2.28. The summed E-state index contributed by atoms with van der Waals surface area (Å²) in [6.45, 7) is 2.66. The van der Waals surface area contributed by atoms with Gasteiger partial charge in [-0.05, 0) is 12.1 Å². The topological polar surface area (TPSA) is 96.3 Å². The Bertz CT molecular complexity index is 973. The number of aromatic nitrogens is 2. The second-order valence-corrected chi connectivity index (χ2v) is 6.65. The number of halogens is 2. The third-order valence-corrected chi connectivity index (χ3v) is 4.81. The molecule has 0 spiro atoms. The molecule has 1 aromatic heterocycles. The van der Waals surface area contributed by atoms with Gasteiger partial charge in [0.15, 0.2) is 5.69 Å². The molecule has 2 aromatic rings. The van der Waals surface area contributed by atoms with Crippen molar-refractivity contribution in [1.29, 1.82) is 0 Å². The predicted molar refractivity (Wildman–Crippen MR) is 99.1 cm³/mol. The fraction of sp³-hybridized carbons (Fsp3) is 0.368. The smallest absolute Gasteiger partial charge is 0.271 e. The molecule has 10 heteroatoms. The average molecular weight is 405 g/mol. The lowest BCUT2D eigenvalue weighted by atomic mass is 10.0. The third kappa shape index (κ3) is 4.25. The zero-order chi connectivity index (χ0) is 21.1. The molecule has 0 fully saturated rings. The second-order valence-electron chi connectivity index (χ2n) is 6.65. The molecule has 2 N–H and O–H groups in total. The fourth-order valence-corrected chi connectivity index (χ4v) is 3.29. The summed E-state index contributed by atoms with van der Waals surface area (Å²) >= 11 is 0. The number of rotatable bonds is 5. The van der Waals surface area contributed by atoms with Crippen LogP contribution in [0.5, 0.6) is 0 Å². The maximum absolute atomic E-state index is 13.7. The molecule has 0 atom stereocenters. The molecule has 154 valence electrons. The van der Waals surface area contributed by atoms with Gasteiger partial charge in [-0.25, -0.2) is 8.78 Å². The molecule has 0 saturated carbocycles. The maximum atomic E-state index is 13.7. The van der Waals surface area contributed by atoms with Crippen molar-refractivity contribution in [3.63, 3.8) is 0 Å². The van der Waals surface area contributed by atoms with Gasteiger partial charge in [-0.2, -0.15) is 5.10 Å². The number of nitrogens with one attached hydrogen (secondary N) is 2. The molecule has 1 aliphatic rings. The molecule has 1 aromatic carbocycles. The second kappa shape index (κ2) is 8.38. The molecule has 2 heterocycles. The van der Waals surface area contributed by atoms with Crippen LogP contribution in [0.2, 0.25) is 0 Å². The number of hydrogen-bond donors (Lipinski definition) is 2. The number of benzene rings is 1. The van der Waals surface area contributed by atoms with E-state index in [4.69, 9.17) is 0 Å². The molecule has 0 unspecified atom stereocenters. The molecule has 0 aliphatic carbocycles. The molecule has 29 heavy (non-hydrogen) atoms. The molecule has 3 rings (SSSR count). The van der Waals surface area contributed by atoms with E-state index in [1.165, 1.54) is 14.0 Å². The highest BCUT2D eigenvalue weighted by Crippen LogP contribution is 2.23. The SMILES string of the molecule is CNC(=O)c1nn(CCNC(=O)c2ccc(F)cc2F)c2c1CN(C(C)=O)CC2. The van der Waals surface area contributed by atoms with Crippen LogP contribution in [0.1, 0.15) is 39.0 Å². The molecule has 3 amide bonds. The molecular weight excluding hydrogens is 384 g/mol. The fourth-order valence-electron chi connectivity index (χ4n) is 3.29. The number of carbonyl (C=O) groups is 3. The average Bonchev–Trinajstić information content (AvgIpc) is 3.05. The van der Waals surface area contributed by atoms with Crippen molar-refractivity contribution in [1.82, 2.24) is 25.3 Å². The van der Waals surface area contributed by atoms with Gasteiger partial charge in [0.05, 0.1) is 12.1 Å². The highest BCUT2D eigenvalue weighted by molar-refractivity contribution is 5.94. The molecule has 0 bridgehead atoms. The Morgan fingerprint density at radius 1 is 1.21 bits per heavy atom. The quantitative estimate of drug-likeness (QED) is 0.771.